The number of pyridine rings is 1. The Morgan fingerprint density at radius 1 is 0.960 bits per heavy atom. The van der Waals surface area contributed by atoms with Crippen LogP contribution in [0.15, 0.2) is 54.7 Å². The van der Waals surface area contributed by atoms with Gasteiger partial charge in [-0.05, 0) is 53.2 Å². The van der Waals surface area contributed by atoms with Gasteiger partial charge in [-0.15, -0.1) is 0 Å². The van der Waals surface area contributed by atoms with E-state index in [1.165, 1.54) is 33.4 Å². The molecular formula is C24H26N+. The van der Waals surface area contributed by atoms with Crippen LogP contribution in [0.5, 0.6) is 0 Å². The van der Waals surface area contributed by atoms with Crippen LogP contribution in [0.3, 0.4) is 0 Å². The first-order chi connectivity index (χ1) is 12.6. The van der Waals surface area contributed by atoms with Crippen molar-refractivity contribution in [2.75, 3.05) is 0 Å². The van der Waals surface area contributed by atoms with Gasteiger partial charge in [0.25, 0.3) is 0 Å². The fourth-order valence-electron chi connectivity index (χ4n) is 4.17. The Labute approximate surface area is 153 Å². The van der Waals surface area contributed by atoms with E-state index in [2.05, 4.69) is 57.2 Å². The molecule has 0 unspecified atom stereocenters. The zero-order valence-electron chi connectivity index (χ0n) is 17.6. The molecule has 1 heterocycles. The second kappa shape index (κ2) is 5.56. The number of rotatable bonds is 2. The number of fused-ring (bicyclic) bond motifs is 3. The van der Waals surface area contributed by atoms with Crippen molar-refractivity contribution in [2.24, 2.45) is 7.05 Å². The SMILES string of the molecule is [2H]C([2H])(C)c1ccc(-c2cc3c(cc2C)-c2ccccc2C3(C)C)[n+](C)c1. The molecule has 1 aliphatic rings. The molecule has 0 aliphatic heterocycles. The van der Waals surface area contributed by atoms with Crippen molar-refractivity contribution >= 4 is 0 Å². The zero-order valence-corrected chi connectivity index (χ0v) is 15.6. The van der Waals surface area contributed by atoms with E-state index >= 15 is 0 Å². The number of hydrogen-bond donors (Lipinski definition) is 0. The monoisotopic (exact) mass is 330 g/mol. The van der Waals surface area contributed by atoms with Crippen molar-refractivity contribution in [2.45, 2.75) is 39.5 Å². The Kier molecular flexibility index (Phi) is 3.07. The van der Waals surface area contributed by atoms with Crippen molar-refractivity contribution in [1.82, 2.24) is 0 Å². The van der Waals surface area contributed by atoms with E-state index in [0.29, 0.717) is 5.56 Å². The number of hydrogen-bond acceptors (Lipinski definition) is 0. The van der Waals surface area contributed by atoms with Gasteiger partial charge in [-0.25, -0.2) is 4.57 Å². The van der Waals surface area contributed by atoms with Crippen LogP contribution in [0.4, 0.5) is 0 Å². The summed E-state index contributed by atoms with van der Waals surface area (Å²) in [6, 6.07) is 17.3. The number of benzene rings is 2. The molecule has 0 amide bonds. The lowest BCUT2D eigenvalue weighted by molar-refractivity contribution is -0.660. The summed E-state index contributed by atoms with van der Waals surface area (Å²) >= 11 is 0. The lowest BCUT2D eigenvalue weighted by atomic mass is 9.81. The summed E-state index contributed by atoms with van der Waals surface area (Å²) in [6.07, 6.45) is 0.564. The van der Waals surface area contributed by atoms with Crippen molar-refractivity contribution in [1.29, 1.82) is 0 Å². The maximum Gasteiger partial charge on any atom is 0.212 e. The lowest BCUT2D eigenvalue weighted by Crippen LogP contribution is -2.31. The third-order valence-corrected chi connectivity index (χ3v) is 5.63. The van der Waals surface area contributed by atoms with Crippen LogP contribution in [0.2, 0.25) is 0 Å². The molecule has 1 aliphatic carbocycles. The van der Waals surface area contributed by atoms with E-state index in [1.54, 1.807) is 6.92 Å². The Hall–Kier alpha value is -2.41. The Balaban J connectivity index is 1.90. The molecule has 1 aromatic heterocycles. The summed E-state index contributed by atoms with van der Waals surface area (Å²) in [5, 5.41) is 0. The quantitative estimate of drug-likeness (QED) is 0.557. The van der Waals surface area contributed by atoms with Crippen LogP contribution >= 0.6 is 0 Å². The zero-order chi connectivity index (χ0) is 19.6. The molecule has 0 fully saturated rings. The molecule has 126 valence electrons. The van der Waals surface area contributed by atoms with Crippen molar-refractivity contribution in [3.63, 3.8) is 0 Å². The molecule has 1 heteroatoms. The predicted molar refractivity (Wildman–Crippen MR) is 105 cm³/mol. The molecule has 0 saturated carbocycles. The van der Waals surface area contributed by atoms with Gasteiger partial charge in [-0.2, -0.15) is 0 Å². The lowest BCUT2D eigenvalue weighted by Gasteiger charge is -2.22. The minimum Gasteiger partial charge on any atom is -0.201 e. The normalized spacial score (nSPS) is 16.0. The molecule has 0 radical (unpaired) electrons. The van der Waals surface area contributed by atoms with Crippen molar-refractivity contribution < 1.29 is 7.31 Å². The fourth-order valence-corrected chi connectivity index (χ4v) is 4.17. The highest BCUT2D eigenvalue weighted by atomic mass is 14.9. The molecular weight excluding hydrogens is 302 g/mol. The van der Waals surface area contributed by atoms with Crippen LogP contribution in [-0.2, 0) is 18.8 Å². The second-order valence-corrected chi connectivity index (χ2v) is 7.55. The van der Waals surface area contributed by atoms with Gasteiger partial charge < -0.3 is 0 Å². The maximum atomic E-state index is 7.97. The average molecular weight is 330 g/mol. The van der Waals surface area contributed by atoms with Crippen LogP contribution in [0, 0.1) is 6.92 Å². The van der Waals surface area contributed by atoms with Gasteiger partial charge in [0.2, 0.25) is 5.69 Å². The van der Waals surface area contributed by atoms with E-state index in [9.17, 15) is 0 Å². The van der Waals surface area contributed by atoms with Gasteiger partial charge in [0.1, 0.15) is 7.05 Å². The summed E-state index contributed by atoms with van der Waals surface area (Å²) in [7, 11) is 2.00. The van der Waals surface area contributed by atoms with Crippen LogP contribution < -0.4 is 4.57 Å². The topological polar surface area (TPSA) is 3.88 Å². The van der Waals surface area contributed by atoms with Gasteiger partial charge in [0.05, 0.1) is 0 Å². The third-order valence-electron chi connectivity index (χ3n) is 5.63. The standard InChI is InChI=1S/C24H26N/c1-6-17-11-12-23(25(5)15-17)19-14-22-20(13-16(19)2)18-9-7-8-10-21(18)24(22,3)4/h7-15H,6H2,1-5H3/q+1/i6D2. The molecule has 4 rings (SSSR count). The largest absolute Gasteiger partial charge is 0.212 e. The molecule has 1 nitrogen and oxygen atoms in total. The molecule has 0 saturated heterocycles. The van der Waals surface area contributed by atoms with E-state index in [0.717, 1.165) is 5.69 Å². The molecule has 0 bridgehead atoms. The van der Waals surface area contributed by atoms with Gasteiger partial charge in [-0.3, -0.25) is 0 Å². The highest BCUT2D eigenvalue weighted by Crippen LogP contribution is 2.49. The number of aromatic nitrogens is 1. The summed E-state index contributed by atoms with van der Waals surface area (Å²) in [6.45, 7) is 8.36. The maximum absolute atomic E-state index is 7.97. The van der Waals surface area contributed by atoms with E-state index in [4.69, 9.17) is 2.74 Å². The van der Waals surface area contributed by atoms with E-state index < -0.39 is 6.37 Å². The summed E-state index contributed by atoms with van der Waals surface area (Å²) in [5.74, 6) is 0. The highest BCUT2D eigenvalue weighted by molar-refractivity contribution is 5.84. The van der Waals surface area contributed by atoms with Crippen molar-refractivity contribution in [3.05, 3.63) is 77.0 Å². The van der Waals surface area contributed by atoms with Gasteiger partial charge in [0.15, 0.2) is 6.20 Å². The van der Waals surface area contributed by atoms with Gasteiger partial charge in [0, 0.05) is 25.3 Å². The van der Waals surface area contributed by atoms with Crippen LogP contribution in [-0.4, -0.2) is 0 Å². The minimum absolute atomic E-state index is 0.0200. The Bertz CT molecular complexity index is 1060. The van der Waals surface area contributed by atoms with E-state index in [-0.39, 0.29) is 5.41 Å². The molecule has 3 aromatic rings. The number of nitrogens with zero attached hydrogens (tertiary/aromatic N) is 1. The Morgan fingerprint density at radius 2 is 1.72 bits per heavy atom. The summed E-state index contributed by atoms with van der Waals surface area (Å²) in [4.78, 5) is 0. The minimum atomic E-state index is -1.34. The highest BCUT2D eigenvalue weighted by Gasteiger charge is 2.36. The first-order valence-corrected chi connectivity index (χ1v) is 8.86. The fraction of sp³-hybridized carbons (Fsp3) is 0.292. The van der Waals surface area contributed by atoms with Crippen LogP contribution in [0.25, 0.3) is 22.4 Å². The molecule has 2 aromatic carbocycles. The third kappa shape index (κ3) is 2.33. The molecule has 25 heavy (non-hydrogen) atoms. The Morgan fingerprint density at radius 3 is 2.44 bits per heavy atom. The van der Waals surface area contributed by atoms with Crippen molar-refractivity contribution in [3.8, 4) is 22.4 Å². The van der Waals surface area contributed by atoms with E-state index in [1.807, 2.05) is 29.9 Å². The second-order valence-electron chi connectivity index (χ2n) is 7.55. The number of aryl methyl sites for hydroxylation is 3. The first-order valence-electron chi connectivity index (χ1n) is 9.86. The van der Waals surface area contributed by atoms with Crippen LogP contribution in [0.1, 0.15) is 45.8 Å². The predicted octanol–water partition coefficient (Wildman–Crippen LogP) is 5.36. The smallest absolute Gasteiger partial charge is 0.201 e. The molecule has 0 atom stereocenters. The summed E-state index contributed by atoms with van der Waals surface area (Å²) < 4.78 is 18.0. The summed E-state index contributed by atoms with van der Waals surface area (Å²) in [5.41, 5.74) is 9.65. The van der Waals surface area contributed by atoms with Gasteiger partial charge >= 0.3 is 0 Å². The van der Waals surface area contributed by atoms with Gasteiger partial charge in [-0.1, -0.05) is 51.1 Å². The first kappa shape index (κ1) is 13.8. The molecule has 0 N–H and O–H groups in total. The average Bonchev–Trinajstić information content (AvgIpc) is 2.81. The molecule has 0 spiro atoms.